The molecule has 8 nitrogen and oxygen atoms in total. The van der Waals surface area contributed by atoms with Crippen molar-refractivity contribution in [2.24, 2.45) is 0 Å². The monoisotopic (exact) mass is 496 g/mol. The number of carbonyl (C=O) groups excluding carboxylic acids is 3. The Labute approximate surface area is 165 Å². The molecule has 1 aliphatic rings. The highest BCUT2D eigenvalue weighted by molar-refractivity contribution is 14.1. The highest BCUT2D eigenvalue weighted by Gasteiger charge is 2.53. The highest BCUT2D eigenvalue weighted by Crippen LogP contribution is 2.26. The molecule has 134 valence electrons. The van der Waals surface area contributed by atoms with E-state index in [-0.39, 0.29) is 12.3 Å². The van der Waals surface area contributed by atoms with E-state index < -0.39 is 36.2 Å². The molecule has 1 aromatic heterocycles. The topological polar surface area (TPSA) is 113 Å². The van der Waals surface area contributed by atoms with Crippen LogP contribution in [0.1, 0.15) is 4.88 Å². The van der Waals surface area contributed by atoms with Gasteiger partial charge in [0.2, 0.25) is 5.91 Å². The Hall–Kier alpha value is -1.60. The molecular formula is C14H13IN2O6S2. The second-order valence-corrected chi connectivity index (χ2v) is 7.16. The van der Waals surface area contributed by atoms with Crippen LogP contribution in [0.5, 0.6) is 0 Å². The molecule has 2 amide bonds. The molecule has 1 saturated heterocycles. The zero-order chi connectivity index (χ0) is 18.6. The van der Waals surface area contributed by atoms with Crippen LogP contribution >= 0.6 is 46.1 Å². The van der Waals surface area contributed by atoms with Crippen molar-refractivity contribution in [3.8, 4) is 0 Å². The number of thiophene rings is 1. The number of carboxylic acids is 1. The number of carboxylic acid groups (broad SMARTS) is 1. The van der Waals surface area contributed by atoms with Crippen LogP contribution < -0.4 is 5.32 Å². The molecule has 1 aromatic rings. The van der Waals surface area contributed by atoms with Crippen LogP contribution in [0.15, 0.2) is 17.5 Å². The van der Waals surface area contributed by atoms with Gasteiger partial charge in [-0.1, -0.05) is 40.9 Å². The predicted octanol–water partition coefficient (Wildman–Crippen LogP) is 0.375. The Morgan fingerprint density at radius 1 is 1.52 bits per heavy atom. The van der Waals surface area contributed by atoms with Gasteiger partial charge in [-0.05, 0) is 11.4 Å². The number of nitrogens with one attached hydrogen (secondary N) is 1. The van der Waals surface area contributed by atoms with Crippen molar-refractivity contribution in [1.82, 2.24) is 10.2 Å². The number of rotatable bonds is 8. The van der Waals surface area contributed by atoms with Crippen LogP contribution in [0.4, 0.5) is 0 Å². The van der Waals surface area contributed by atoms with Gasteiger partial charge in [0.1, 0.15) is 6.04 Å². The molecule has 25 heavy (non-hydrogen) atoms. The molecule has 2 heterocycles. The lowest BCUT2D eigenvalue weighted by molar-refractivity contribution is -0.191. The van der Waals surface area contributed by atoms with Crippen molar-refractivity contribution in [3.05, 3.63) is 22.4 Å². The van der Waals surface area contributed by atoms with Gasteiger partial charge in [-0.25, -0.2) is 9.59 Å². The van der Waals surface area contributed by atoms with Crippen LogP contribution in [0.25, 0.3) is 0 Å². The molecule has 1 aliphatic heterocycles. The number of aliphatic carboxylic acids is 1. The maximum atomic E-state index is 12.3. The SMILES string of the molecule is O=C(Cc1cccs1)N[C@@H]1C(=O)N(C(OC(=O)C=S)C(=O)O)[C@@H]1CI. The molecule has 2 rings (SSSR count). The van der Waals surface area contributed by atoms with Crippen molar-refractivity contribution < 1.29 is 29.0 Å². The largest absolute Gasteiger partial charge is 0.477 e. The van der Waals surface area contributed by atoms with E-state index in [0.29, 0.717) is 9.80 Å². The standard InChI is InChI=1S/C14H13IN2O6S2/c15-5-8-11(16-9(18)4-7-2-1-3-25-7)12(20)17(8)13(14(21)22)23-10(19)6-24/h1-3,6,8,11,13H,4-5H2,(H,16,18)(H,21,22)/t8-,11+,13?/m1/s1. The summed E-state index contributed by atoms with van der Waals surface area (Å²) in [7, 11) is 0. The summed E-state index contributed by atoms with van der Waals surface area (Å²) in [5.74, 6) is -3.46. The average Bonchev–Trinajstić information content (AvgIpc) is 3.08. The van der Waals surface area contributed by atoms with Gasteiger partial charge in [-0.3, -0.25) is 14.5 Å². The number of likely N-dealkylation sites (tertiary alicyclic amines) is 1. The first-order valence-electron chi connectivity index (χ1n) is 6.97. The fourth-order valence-electron chi connectivity index (χ4n) is 2.34. The Morgan fingerprint density at radius 3 is 2.76 bits per heavy atom. The van der Waals surface area contributed by atoms with Gasteiger partial charge >= 0.3 is 11.9 Å². The molecule has 3 atom stereocenters. The number of amides is 2. The fourth-order valence-corrected chi connectivity index (χ4v) is 4.03. The maximum Gasteiger partial charge on any atom is 0.367 e. The third kappa shape index (κ3) is 4.52. The van der Waals surface area contributed by atoms with Crippen LogP contribution in [0.3, 0.4) is 0 Å². The van der Waals surface area contributed by atoms with Gasteiger partial charge in [-0.2, -0.15) is 0 Å². The van der Waals surface area contributed by atoms with Crippen molar-refractivity contribution in [3.63, 3.8) is 0 Å². The first kappa shape index (κ1) is 19.7. The summed E-state index contributed by atoms with van der Waals surface area (Å²) >= 11 is 7.78. The zero-order valence-electron chi connectivity index (χ0n) is 12.6. The number of halogens is 1. The molecule has 0 spiro atoms. The Bertz CT molecular complexity index is 696. The summed E-state index contributed by atoms with van der Waals surface area (Å²) in [5, 5.41) is 14.3. The van der Waals surface area contributed by atoms with Gasteiger partial charge in [0, 0.05) is 9.30 Å². The van der Waals surface area contributed by atoms with Crippen LogP contribution in [0.2, 0.25) is 0 Å². The van der Waals surface area contributed by atoms with Gasteiger partial charge < -0.3 is 15.2 Å². The lowest BCUT2D eigenvalue weighted by Gasteiger charge is -2.48. The van der Waals surface area contributed by atoms with E-state index in [9.17, 15) is 24.3 Å². The van der Waals surface area contributed by atoms with E-state index in [1.807, 2.05) is 34.0 Å². The lowest BCUT2D eigenvalue weighted by atomic mass is 9.96. The molecule has 0 aromatic carbocycles. The predicted molar refractivity (Wildman–Crippen MR) is 101 cm³/mol. The van der Waals surface area contributed by atoms with Crippen molar-refractivity contribution in [2.75, 3.05) is 4.43 Å². The van der Waals surface area contributed by atoms with E-state index in [4.69, 9.17) is 4.74 Å². The molecule has 0 aliphatic carbocycles. The third-order valence-corrected chi connectivity index (χ3v) is 5.41. The Balaban J connectivity index is 2.04. The van der Waals surface area contributed by atoms with E-state index in [1.165, 1.54) is 11.3 Å². The molecule has 0 bridgehead atoms. The molecule has 0 radical (unpaired) electrons. The summed E-state index contributed by atoms with van der Waals surface area (Å²) in [4.78, 5) is 48.7. The maximum absolute atomic E-state index is 12.3. The summed E-state index contributed by atoms with van der Waals surface area (Å²) < 4.78 is 5.05. The molecule has 11 heteroatoms. The quantitative estimate of drug-likeness (QED) is 0.176. The highest BCUT2D eigenvalue weighted by atomic mass is 127. The van der Waals surface area contributed by atoms with Crippen LogP contribution in [-0.2, 0) is 30.3 Å². The average molecular weight is 496 g/mol. The van der Waals surface area contributed by atoms with Gasteiger partial charge in [0.15, 0.2) is 0 Å². The third-order valence-electron chi connectivity index (χ3n) is 3.44. The summed E-state index contributed by atoms with van der Waals surface area (Å²) in [5.41, 5.74) is 0. The minimum atomic E-state index is -1.77. The number of hydrogen-bond acceptors (Lipinski definition) is 7. The number of ether oxygens (including phenoxy) is 1. The minimum Gasteiger partial charge on any atom is -0.477 e. The Kier molecular flexibility index (Phi) is 6.84. The van der Waals surface area contributed by atoms with Crippen LogP contribution in [-0.4, -0.2) is 61.9 Å². The molecule has 2 N–H and O–H groups in total. The summed E-state index contributed by atoms with van der Waals surface area (Å²) in [6, 6.07) is 2.18. The van der Waals surface area contributed by atoms with Gasteiger partial charge in [0.05, 0.1) is 17.8 Å². The van der Waals surface area contributed by atoms with Gasteiger partial charge in [0.25, 0.3) is 12.1 Å². The first-order valence-corrected chi connectivity index (χ1v) is 9.85. The molecule has 1 unspecified atom stereocenters. The first-order chi connectivity index (χ1) is 11.9. The zero-order valence-corrected chi connectivity index (χ0v) is 16.4. The normalized spacial score (nSPS) is 20.4. The number of hydrogen-bond donors (Lipinski definition) is 2. The van der Waals surface area contributed by atoms with E-state index in [2.05, 4.69) is 17.5 Å². The Morgan fingerprint density at radius 2 is 2.24 bits per heavy atom. The van der Waals surface area contributed by atoms with E-state index in [1.54, 1.807) is 6.07 Å². The number of β-lactam (4-membered cyclic amide) rings is 1. The van der Waals surface area contributed by atoms with Crippen molar-refractivity contribution >= 4 is 75.3 Å². The van der Waals surface area contributed by atoms with E-state index >= 15 is 0 Å². The summed E-state index contributed by atoms with van der Waals surface area (Å²) in [6.45, 7) is 0. The minimum absolute atomic E-state index is 0.137. The lowest BCUT2D eigenvalue weighted by Crippen LogP contribution is -2.75. The van der Waals surface area contributed by atoms with Crippen molar-refractivity contribution in [2.45, 2.75) is 24.7 Å². The van der Waals surface area contributed by atoms with Crippen LogP contribution in [0, 0.1) is 0 Å². The molecule has 0 saturated carbocycles. The number of nitrogens with zero attached hydrogens (tertiary/aromatic N) is 1. The summed E-state index contributed by atoms with van der Waals surface area (Å²) in [6.07, 6.45) is -1.64. The number of thiocarbonyl (C=S) groups is 1. The molecule has 1 fully saturated rings. The smallest absolute Gasteiger partial charge is 0.367 e. The second-order valence-electron chi connectivity index (χ2n) is 5.01. The fraction of sp³-hybridized carbons (Fsp3) is 0.357. The number of alkyl halides is 1. The molecular weight excluding hydrogens is 483 g/mol. The number of esters is 1. The van der Waals surface area contributed by atoms with E-state index in [0.717, 1.165) is 9.78 Å². The second kappa shape index (κ2) is 8.67. The van der Waals surface area contributed by atoms with Crippen molar-refractivity contribution in [1.29, 1.82) is 0 Å². The van der Waals surface area contributed by atoms with Gasteiger partial charge in [-0.15, -0.1) is 11.3 Å². The number of carbonyl (C=O) groups is 4.